The molecule has 3 aromatic rings. The zero-order valence-electron chi connectivity index (χ0n) is 15.0. The van der Waals surface area contributed by atoms with E-state index in [1.165, 1.54) is 0 Å². The number of rotatable bonds is 7. The van der Waals surface area contributed by atoms with Crippen molar-refractivity contribution in [3.05, 3.63) is 53.5 Å². The highest BCUT2D eigenvalue weighted by Gasteiger charge is 2.10. The monoisotopic (exact) mass is 354 g/mol. The maximum Gasteiger partial charge on any atom is 0.229 e. The predicted molar refractivity (Wildman–Crippen MR) is 99.6 cm³/mol. The van der Waals surface area contributed by atoms with Gasteiger partial charge in [-0.15, -0.1) is 0 Å². The van der Waals surface area contributed by atoms with E-state index in [1.807, 2.05) is 37.1 Å². The van der Waals surface area contributed by atoms with Gasteiger partial charge < -0.3 is 20.1 Å². The fraction of sp³-hybridized carbons (Fsp3) is 0.278. The minimum atomic E-state index is 0.186. The summed E-state index contributed by atoms with van der Waals surface area (Å²) in [5.41, 5.74) is 3.40. The van der Waals surface area contributed by atoms with Crippen molar-refractivity contribution in [3.63, 3.8) is 0 Å². The first-order valence-electron chi connectivity index (χ1n) is 8.18. The van der Waals surface area contributed by atoms with E-state index >= 15 is 0 Å². The van der Waals surface area contributed by atoms with Crippen LogP contribution in [0.3, 0.4) is 0 Å². The first kappa shape index (κ1) is 17.7. The van der Waals surface area contributed by atoms with Crippen LogP contribution >= 0.6 is 0 Å². The van der Waals surface area contributed by atoms with Crippen molar-refractivity contribution < 1.29 is 9.84 Å². The summed E-state index contributed by atoms with van der Waals surface area (Å²) in [5, 5.41) is 19.9. The first-order chi connectivity index (χ1) is 12.5. The van der Waals surface area contributed by atoms with Crippen LogP contribution in [-0.4, -0.2) is 39.4 Å². The van der Waals surface area contributed by atoms with Gasteiger partial charge in [0.15, 0.2) is 0 Å². The molecule has 3 N–H and O–H groups in total. The molecule has 0 fully saturated rings. The SMILES string of the molecule is COCc1cc(CN(C)c2cc(C)nc(Nc3cccc(O)c3)n2)[nH]n1. The molecule has 0 aliphatic heterocycles. The van der Waals surface area contributed by atoms with E-state index in [9.17, 15) is 5.11 Å². The zero-order chi connectivity index (χ0) is 18.5. The summed E-state index contributed by atoms with van der Waals surface area (Å²) in [6.45, 7) is 3.02. The van der Waals surface area contributed by atoms with Crippen molar-refractivity contribution in [1.82, 2.24) is 20.2 Å². The number of H-pyrrole nitrogens is 1. The van der Waals surface area contributed by atoms with E-state index in [0.29, 0.717) is 19.1 Å². The van der Waals surface area contributed by atoms with Crippen LogP contribution in [0.2, 0.25) is 0 Å². The van der Waals surface area contributed by atoms with Crippen molar-refractivity contribution in [1.29, 1.82) is 0 Å². The van der Waals surface area contributed by atoms with E-state index in [4.69, 9.17) is 4.74 Å². The molecule has 136 valence electrons. The second-order valence-corrected chi connectivity index (χ2v) is 6.04. The lowest BCUT2D eigenvalue weighted by atomic mass is 10.3. The van der Waals surface area contributed by atoms with Gasteiger partial charge in [0.2, 0.25) is 5.95 Å². The van der Waals surface area contributed by atoms with E-state index in [1.54, 1.807) is 25.3 Å². The molecule has 0 saturated carbocycles. The maximum absolute atomic E-state index is 9.59. The molecule has 0 bridgehead atoms. The van der Waals surface area contributed by atoms with Crippen LogP contribution in [0.15, 0.2) is 36.4 Å². The number of hydrogen-bond acceptors (Lipinski definition) is 7. The minimum Gasteiger partial charge on any atom is -0.508 e. The number of nitrogens with zero attached hydrogens (tertiary/aromatic N) is 4. The number of aromatic nitrogens is 4. The molecule has 8 heteroatoms. The fourth-order valence-electron chi connectivity index (χ4n) is 2.56. The summed E-state index contributed by atoms with van der Waals surface area (Å²) in [4.78, 5) is 11.0. The summed E-state index contributed by atoms with van der Waals surface area (Å²) < 4.78 is 5.08. The van der Waals surface area contributed by atoms with E-state index < -0.39 is 0 Å². The Morgan fingerprint density at radius 3 is 2.85 bits per heavy atom. The Kier molecular flexibility index (Phi) is 5.33. The molecule has 0 aliphatic carbocycles. The quantitative estimate of drug-likeness (QED) is 0.600. The van der Waals surface area contributed by atoms with Crippen LogP contribution in [-0.2, 0) is 17.9 Å². The summed E-state index contributed by atoms with van der Waals surface area (Å²) in [5.74, 6) is 1.44. The molecule has 26 heavy (non-hydrogen) atoms. The fourth-order valence-corrected chi connectivity index (χ4v) is 2.56. The largest absolute Gasteiger partial charge is 0.508 e. The van der Waals surface area contributed by atoms with Gasteiger partial charge in [0.25, 0.3) is 0 Å². The number of nitrogens with one attached hydrogen (secondary N) is 2. The summed E-state index contributed by atoms with van der Waals surface area (Å²) in [6.07, 6.45) is 0. The van der Waals surface area contributed by atoms with E-state index in [2.05, 4.69) is 25.5 Å². The van der Waals surface area contributed by atoms with E-state index in [-0.39, 0.29) is 5.75 Å². The average molecular weight is 354 g/mol. The second kappa shape index (κ2) is 7.83. The third kappa shape index (κ3) is 4.48. The smallest absolute Gasteiger partial charge is 0.229 e. The zero-order valence-corrected chi connectivity index (χ0v) is 15.0. The summed E-state index contributed by atoms with van der Waals surface area (Å²) in [7, 11) is 3.60. The lowest BCUT2D eigenvalue weighted by Gasteiger charge is -2.18. The summed E-state index contributed by atoms with van der Waals surface area (Å²) >= 11 is 0. The number of aromatic hydroxyl groups is 1. The van der Waals surface area contributed by atoms with Gasteiger partial charge in [0, 0.05) is 37.7 Å². The van der Waals surface area contributed by atoms with Gasteiger partial charge in [-0.05, 0) is 25.1 Å². The van der Waals surface area contributed by atoms with Crippen LogP contribution in [0.25, 0.3) is 0 Å². The van der Waals surface area contributed by atoms with Gasteiger partial charge in [0.1, 0.15) is 11.6 Å². The normalized spacial score (nSPS) is 10.7. The Balaban J connectivity index is 1.75. The lowest BCUT2D eigenvalue weighted by Crippen LogP contribution is -2.19. The Labute approximate surface area is 151 Å². The molecular weight excluding hydrogens is 332 g/mol. The Hall–Kier alpha value is -3.13. The van der Waals surface area contributed by atoms with Crippen LogP contribution in [0, 0.1) is 6.92 Å². The van der Waals surface area contributed by atoms with Crippen LogP contribution in [0.1, 0.15) is 17.1 Å². The third-order valence-corrected chi connectivity index (χ3v) is 3.72. The highest BCUT2D eigenvalue weighted by atomic mass is 16.5. The molecule has 1 aromatic carbocycles. The van der Waals surface area contributed by atoms with E-state index in [0.717, 1.165) is 28.6 Å². The number of ether oxygens (including phenoxy) is 1. The van der Waals surface area contributed by atoms with Crippen LogP contribution in [0.4, 0.5) is 17.5 Å². The number of methoxy groups -OCH3 is 1. The third-order valence-electron chi connectivity index (χ3n) is 3.72. The number of aryl methyl sites for hydroxylation is 1. The topological polar surface area (TPSA) is 99.2 Å². The highest BCUT2D eigenvalue weighted by Crippen LogP contribution is 2.21. The molecule has 0 spiro atoms. The molecule has 8 nitrogen and oxygen atoms in total. The molecule has 2 heterocycles. The van der Waals surface area contributed by atoms with Gasteiger partial charge in [0.05, 0.1) is 24.5 Å². The molecule has 3 rings (SSSR count). The minimum absolute atomic E-state index is 0.186. The van der Waals surface area contributed by atoms with Gasteiger partial charge in [-0.25, -0.2) is 4.98 Å². The molecule has 0 amide bonds. The van der Waals surface area contributed by atoms with Crippen molar-refractivity contribution in [2.75, 3.05) is 24.4 Å². The highest BCUT2D eigenvalue weighted by molar-refractivity contribution is 5.57. The molecule has 2 aromatic heterocycles. The molecular formula is C18H22N6O2. The van der Waals surface area contributed by atoms with Crippen molar-refractivity contribution in [2.24, 2.45) is 0 Å². The number of hydrogen-bond donors (Lipinski definition) is 3. The van der Waals surface area contributed by atoms with Crippen LogP contribution in [0.5, 0.6) is 5.75 Å². The van der Waals surface area contributed by atoms with Crippen molar-refractivity contribution in [3.8, 4) is 5.75 Å². The molecule has 0 radical (unpaired) electrons. The molecule has 0 unspecified atom stereocenters. The average Bonchev–Trinajstić information content (AvgIpc) is 3.02. The van der Waals surface area contributed by atoms with Crippen molar-refractivity contribution >= 4 is 17.5 Å². The maximum atomic E-state index is 9.59. The molecule has 0 atom stereocenters. The van der Waals surface area contributed by atoms with Gasteiger partial charge in [-0.2, -0.15) is 10.1 Å². The van der Waals surface area contributed by atoms with Crippen LogP contribution < -0.4 is 10.2 Å². The summed E-state index contributed by atoms with van der Waals surface area (Å²) in [6, 6.07) is 10.7. The Morgan fingerprint density at radius 1 is 1.23 bits per heavy atom. The standard InChI is InChI=1S/C18H22N6O2/c1-12-7-17(24(2)10-14-8-15(11-26-3)23-22-14)21-18(19-12)20-13-5-4-6-16(25)9-13/h4-9,25H,10-11H2,1-3H3,(H,22,23)(H,19,20,21). The van der Waals surface area contributed by atoms with Crippen molar-refractivity contribution in [2.45, 2.75) is 20.1 Å². The molecule has 0 aliphatic rings. The predicted octanol–water partition coefficient (Wildman–Crippen LogP) is 2.74. The first-order valence-corrected chi connectivity index (χ1v) is 8.18. The number of phenols is 1. The number of aromatic amines is 1. The number of anilines is 3. The lowest BCUT2D eigenvalue weighted by molar-refractivity contribution is 0.181. The van der Waals surface area contributed by atoms with Gasteiger partial charge >= 0.3 is 0 Å². The Bertz CT molecular complexity index is 880. The second-order valence-electron chi connectivity index (χ2n) is 6.04. The number of benzene rings is 1. The Morgan fingerprint density at radius 2 is 2.08 bits per heavy atom. The number of phenolic OH excluding ortho intramolecular Hbond substituents is 1. The van der Waals surface area contributed by atoms with Gasteiger partial charge in [-0.1, -0.05) is 6.07 Å². The molecule has 0 saturated heterocycles. The van der Waals surface area contributed by atoms with Gasteiger partial charge in [-0.3, -0.25) is 5.10 Å².